The molecule has 0 saturated heterocycles. The molecule has 1 aliphatic heterocycles. The summed E-state index contributed by atoms with van der Waals surface area (Å²) >= 11 is 6.58. The third-order valence-corrected chi connectivity index (χ3v) is 7.20. The lowest BCUT2D eigenvalue weighted by Gasteiger charge is -2.28. The molecule has 1 heterocycles. The number of ether oxygens (including phenoxy) is 1. The topological polar surface area (TPSA) is 41.6 Å². The van der Waals surface area contributed by atoms with Crippen LogP contribution in [-0.4, -0.2) is 37.0 Å². The lowest BCUT2D eigenvalue weighted by atomic mass is 10.1. The second-order valence-electron chi connectivity index (χ2n) is 9.95. The molecule has 5 heteroatoms. The zero-order valence-electron chi connectivity index (χ0n) is 22.8. The quantitative estimate of drug-likeness (QED) is 0.177. The second-order valence-corrected chi connectivity index (χ2v) is 10.3. The third kappa shape index (κ3) is 12.3. The van der Waals surface area contributed by atoms with E-state index in [9.17, 15) is 4.79 Å². The molecule has 1 amide bonds. The molecule has 4 nitrogen and oxygen atoms in total. The summed E-state index contributed by atoms with van der Waals surface area (Å²) in [6.07, 6.45) is 23.5. The maximum Gasteiger partial charge on any atom is 0.224 e. The van der Waals surface area contributed by atoms with Crippen LogP contribution >= 0.6 is 11.6 Å². The summed E-state index contributed by atoms with van der Waals surface area (Å²) in [5.74, 6) is 0.654. The molecule has 1 aliphatic rings. The molecule has 0 aromatic heterocycles. The van der Waals surface area contributed by atoms with Gasteiger partial charge in [0, 0.05) is 18.8 Å². The fraction of sp³-hybridized carbons (Fsp3) is 0.645. The van der Waals surface area contributed by atoms with E-state index in [1.807, 2.05) is 18.2 Å². The number of benzene rings is 1. The summed E-state index contributed by atoms with van der Waals surface area (Å²) < 4.78 is 5.96. The predicted octanol–water partition coefficient (Wildman–Crippen LogP) is 8.24. The molecule has 2 rings (SSSR count). The van der Waals surface area contributed by atoms with Crippen molar-refractivity contribution < 1.29 is 9.53 Å². The number of allylic oxidation sites excluding steroid dienone is 2. The fourth-order valence-corrected chi connectivity index (χ4v) is 4.87. The molecular formula is C31H49ClN2O2. The Morgan fingerprint density at radius 3 is 2.28 bits per heavy atom. The molecule has 0 aliphatic carbocycles. The molecule has 1 aromatic carbocycles. The van der Waals surface area contributed by atoms with Gasteiger partial charge in [-0.2, -0.15) is 0 Å². The number of nitrogens with one attached hydrogen (secondary N) is 1. The monoisotopic (exact) mass is 516 g/mol. The average Bonchev–Trinajstić information content (AvgIpc) is 2.88. The van der Waals surface area contributed by atoms with Gasteiger partial charge in [-0.3, -0.25) is 4.79 Å². The van der Waals surface area contributed by atoms with Gasteiger partial charge >= 0.3 is 0 Å². The molecule has 36 heavy (non-hydrogen) atoms. The van der Waals surface area contributed by atoms with E-state index < -0.39 is 0 Å². The van der Waals surface area contributed by atoms with Crippen LogP contribution in [0.5, 0.6) is 5.75 Å². The summed E-state index contributed by atoms with van der Waals surface area (Å²) in [7, 11) is 0. The van der Waals surface area contributed by atoms with Gasteiger partial charge in [0.25, 0.3) is 0 Å². The number of unbranched alkanes of at least 4 members (excludes halogenated alkanes) is 11. The first-order valence-electron chi connectivity index (χ1n) is 14.4. The zero-order valence-corrected chi connectivity index (χ0v) is 23.6. The highest BCUT2D eigenvalue weighted by molar-refractivity contribution is 6.33. The van der Waals surface area contributed by atoms with Gasteiger partial charge in [-0.25, -0.2) is 0 Å². The number of carbonyl (C=O) groups excluding carboxylic acids is 1. The number of rotatable bonds is 20. The van der Waals surface area contributed by atoms with E-state index >= 15 is 0 Å². The van der Waals surface area contributed by atoms with Gasteiger partial charge in [0.05, 0.1) is 24.6 Å². The van der Waals surface area contributed by atoms with E-state index in [2.05, 4.69) is 42.3 Å². The molecule has 202 valence electrons. The number of carbonyl (C=O) groups is 1. The summed E-state index contributed by atoms with van der Waals surface area (Å²) in [5.41, 5.74) is 1.96. The smallest absolute Gasteiger partial charge is 0.224 e. The standard InChI is InChI=1S/C31H49ClN2O2/c1-3-5-6-7-8-9-10-11-12-13-14-17-24-36-29-21-18-19-27(31(29)32)25-30(35)33-26-28-20-15-16-23-34(28)22-4-2/h15-16,18-21H,3-14,17,22-26H2,1-2H3,(H,33,35). The van der Waals surface area contributed by atoms with Crippen LogP contribution < -0.4 is 10.1 Å². The molecular weight excluding hydrogens is 468 g/mol. The Balaban J connectivity index is 1.60. The Kier molecular flexibility index (Phi) is 16.2. The van der Waals surface area contributed by atoms with Crippen LogP contribution in [0.25, 0.3) is 0 Å². The first kappa shape index (κ1) is 30.3. The van der Waals surface area contributed by atoms with Crippen LogP contribution in [0.4, 0.5) is 0 Å². The summed E-state index contributed by atoms with van der Waals surface area (Å²) in [4.78, 5) is 14.9. The van der Waals surface area contributed by atoms with Crippen LogP contribution in [0.3, 0.4) is 0 Å². The highest BCUT2D eigenvalue weighted by Crippen LogP contribution is 2.29. The minimum atomic E-state index is -0.0260. The molecule has 0 atom stereocenters. The van der Waals surface area contributed by atoms with Crippen LogP contribution in [0, 0.1) is 0 Å². The summed E-state index contributed by atoms with van der Waals surface area (Å²) in [6, 6.07) is 5.72. The SMILES string of the molecule is CCCCCCCCCCCCCCOc1cccc(CC(=O)NCC2=CC=CCN2CCC)c1Cl. The van der Waals surface area contributed by atoms with Crippen molar-refractivity contribution in [2.45, 2.75) is 104 Å². The first-order chi connectivity index (χ1) is 17.7. The van der Waals surface area contributed by atoms with E-state index in [0.29, 0.717) is 23.9 Å². The Morgan fingerprint density at radius 2 is 1.61 bits per heavy atom. The van der Waals surface area contributed by atoms with Crippen molar-refractivity contribution in [3.63, 3.8) is 0 Å². The number of hydrogen-bond acceptors (Lipinski definition) is 3. The van der Waals surface area contributed by atoms with Crippen molar-refractivity contribution in [2.75, 3.05) is 26.2 Å². The fourth-order valence-electron chi connectivity index (χ4n) is 4.62. The van der Waals surface area contributed by atoms with E-state index in [1.165, 1.54) is 70.6 Å². The van der Waals surface area contributed by atoms with Gasteiger partial charge in [-0.05, 0) is 30.5 Å². The second kappa shape index (κ2) is 19.2. The molecule has 1 aromatic rings. The Bertz CT molecular complexity index is 806. The highest BCUT2D eigenvalue weighted by atomic mass is 35.5. The summed E-state index contributed by atoms with van der Waals surface area (Å²) in [5, 5.41) is 3.60. The van der Waals surface area contributed by atoms with E-state index in [0.717, 1.165) is 37.2 Å². The van der Waals surface area contributed by atoms with Crippen LogP contribution in [0.15, 0.2) is 42.1 Å². The largest absolute Gasteiger partial charge is 0.492 e. The van der Waals surface area contributed by atoms with Gasteiger partial charge < -0.3 is 15.0 Å². The predicted molar refractivity (Wildman–Crippen MR) is 154 cm³/mol. The van der Waals surface area contributed by atoms with E-state index in [1.54, 1.807) is 0 Å². The number of nitrogens with zero attached hydrogens (tertiary/aromatic N) is 1. The third-order valence-electron chi connectivity index (χ3n) is 6.77. The van der Waals surface area contributed by atoms with Crippen LogP contribution in [0.2, 0.25) is 5.02 Å². The number of amides is 1. The lowest BCUT2D eigenvalue weighted by Crippen LogP contribution is -2.35. The van der Waals surface area contributed by atoms with Crippen molar-refractivity contribution in [1.29, 1.82) is 0 Å². The number of hydrogen-bond donors (Lipinski definition) is 1. The maximum atomic E-state index is 12.6. The van der Waals surface area contributed by atoms with Gasteiger partial charge in [0.2, 0.25) is 5.91 Å². The molecule has 0 spiro atoms. The van der Waals surface area contributed by atoms with Gasteiger partial charge in [0.15, 0.2) is 0 Å². The lowest BCUT2D eigenvalue weighted by molar-refractivity contribution is -0.120. The van der Waals surface area contributed by atoms with E-state index in [-0.39, 0.29) is 12.3 Å². The van der Waals surface area contributed by atoms with Crippen molar-refractivity contribution in [2.24, 2.45) is 0 Å². The van der Waals surface area contributed by atoms with Crippen LogP contribution in [-0.2, 0) is 11.2 Å². The first-order valence-corrected chi connectivity index (χ1v) is 14.8. The molecule has 0 unspecified atom stereocenters. The molecule has 0 fully saturated rings. The number of halogens is 1. The van der Waals surface area contributed by atoms with Gasteiger partial charge in [-0.15, -0.1) is 0 Å². The molecule has 0 radical (unpaired) electrons. The molecule has 0 saturated carbocycles. The molecule has 1 N–H and O–H groups in total. The van der Waals surface area contributed by atoms with Crippen LogP contribution in [0.1, 0.15) is 103 Å². The minimum Gasteiger partial charge on any atom is -0.492 e. The van der Waals surface area contributed by atoms with E-state index in [4.69, 9.17) is 16.3 Å². The minimum absolute atomic E-state index is 0.0260. The Morgan fingerprint density at radius 1 is 0.944 bits per heavy atom. The zero-order chi connectivity index (χ0) is 25.8. The van der Waals surface area contributed by atoms with Crippen molar-refractivity contribution >= 4 is 17.5 Å². The van der Waals surface area contributed by atoms with Crippen molar-refractivity contribution in [1.82, 2.24) is 10.2 Å². The summed E-state index contributed by atoms with van der Waals surface area (Å²) in [6.45, 7) is 7.55. The van der Waals surface area contributed by atoms with Crippen molar-refractivity contribution in [3.8, 4) is 5.75 Å². The highest BCUT2D eigenvalue weighted by Gasteiger charge is 2.14. The Hall–Kier alpha value is -1.94. The molecule has 0 bridgehead atoms. The maximum absolute atomic E-state index is 12.6. The Labute approximate surface area is 225 Å². The van der Waals surface area contributed by atoms with Crippen molar-refractivity contribution in [3.05, 3.63) is 52.7 Å². The van der Waals surface area contributed by atoms with Gasteiger partial charge in [-0.1, -0.05) is 120 Å². The average molecular weight is 517 g/mol. The normalized spacial score (nSPS) is 13.1. The van der Waals surface area contributed by atoms with Gasteiger partial charge in [0.1, 0.15) is 5.75 Å².